The quantitative estimate of drug-likeness (QED) is 0.276. The van der Waals surface area contributed by atoms with E-state index in [9.17, 15) is 23.3 Å². The summed E-state index contributed by atoms with van der Waals surface area (Å²) in [6.07, 6.45) is 1.14. The number of hydrogen-bond acceptors (Lipinski definition) is 7. The lowest BCUT2D eigenvalue weighted by Crippen LogP contribution is -2.36. The van der Waals surface area contributed by atoms with Crippen molar-refractivity contribution in [2.75, 3.05) is 19.4 Å². The molecular formula is C22H24N4O6S. The zero-order valence-corrected chi connectivity index (χ0v) is 18.9. The third kappa shape index (κ3) is 5.57. The summed E-state index contributed by atoms with van der Waals surface area (Å²) >= 11 is 0. The molecule has 0 unspecified atom stereocenters. The molecule has 0 fully saturated rings. The highest BCUT2D eigenvalue weighted by molar-refractivity contribution is 7.90. The lowest BCUT2D eigenvalue weighted by atomic mass is 10.1. The number of carbonyl (C=O) groups is 1. The van der Waals surface area contributed by atoms with Gasteiger partial charge in [0.05, 0.1) is 10.6 Å². The van der Waals surface area contributed by atoms with Gasteiger partial charge in [0.15, 0.2) is 9.84 Å². The van der Waals surface area contributed by atoms with Gasteiger partial charge in [0.2, 0.25) is 5.91 Å². The van der Waals surface area contributed by atoms with E-state index in [0.29, 0.717) is 5.56 Å². The fraction of sp³-hybridized carbons (Fsp3) is 0.227. The Hall–Kier alpha value is -3.70. The van der Waals surface area contributed by atoms with E-state index in [1.54, 1.807) is 18.2 Å². The van der Waals surface area contributed by atoms with Crippen molar-refractivity contribution in [1.29, 1.82) is 0 Å². The van der Waals surface area contributed by atoms with Crippen LogP contribution >= 0.6 is 0 Å². The lowest BCUT2D eigenvalue weighted by Gasteiger charge is -2.14. The Morgan fingerprint density at radius 2 is 1.82 bits per heavy atom. The predicted octanol–water partition coefficient (Wildman–Crippen LogP) is 2.18. The highest BCUT2D eigenvalue weighted by Gasteiger charge is 2.24. The maximum atomic E-state index is 12.6. The van der Waals surface area contributed by atoms with Crippen LogP contribution in [0, 0.1) is 17.0 Å². The van der Waals surface area contributed by atoms with Gasteiger partial charge in [0.25, 0.3) is 5.09 Å². The molecule has 2 aromatic carbocycles. The van der Waals surface area contributed by atoms with E-state index >= 15 is 0 Å². The summed E-state index contributed by atoms with van der Waals surface area (Å²) in [6, 6.07) is 16.7. The standard InChI is InChI=1S/C22H24N4O6S/c1-15-19(21(23)22(27)24-12-13-32-26(28)29)14-20(25(15)17-6-4-3-5-7-17)16-8-10-18(11-9-16)33(2,30)31/h3-11,14,21H,12-13,23H2,1-2H3,(H,24,27)/t21-/m0/s1. The zero-order valence-electron chi connectivity index (χ0n) is 18.1. The van der Waals surface area contributed by atoms with E-state index in [-0.39, 0.29) is 18.0 Å². The van der Waals surface area contributed by atoms with Gasteiger partial charge in [-0.3, -0.25) is 4.79 Å². The summed E-state index contributed by atoms with van der Waals surface area (Å²) in [4.78, 5) is 27.2. The summed E-state index contributed by atoms with van der Waals surface area (Å²) in [5, 5.41) is 11.8. The van der Waals surface area contributed by atoms with Crippen molar-refractivity contribution in [3.8, 4) is 16.9 Å². The van der Waals surface area contributed by atoms with Gasteiger partial charge in [0.1, 0.15) is 12.6 Å². The largest absolute Gasteiger partial charge is 0.353 e. The van der Waals surface area contributed by atoms with Crippen molar-refractivity contribution in [3.05, 3.63) is 82.0 Å². The number of nitrogens with zero attached hydrogens (tertiary/aromatic N) is 2. The first-order chi connectivity index (χ1) is 15.6. The third-order valence-electron chi connectivity index (χ3n) is 5.09. The fourth-order valence-electron chi connectivity index (χ4n) is 3.48. The number of benzene rings is 2. The topological polar surface area (TPSA) is 147 Å². The minimum Gasteiger partial charge on any atom is -0.353 e. The Labute approximate surface area is 191 Å². The number of nitrogens with two attached hydrogens (primary N) is 1. The maximum absolute atomic E-state index is 12.6. The average molecular weight is 473 g/mol. The van der Waals surface area contributed by atoms with Crippen molar-refractivity contribution in [2.45, 2.75) is 17.9 Å². The van der Waals surface area contributed by atoms with Crippen LogP contribution in [-0.4, -0.2) is 43.4 Å². The van der Waals surface area contributed by atoms with Gasteiger partial charge in [-0.15, -0.1) is 10.1 Å². The second-order valence-electron chi connectivity index (χ2n) is 7.36. The smallest absolute Gasteiger partial charge is 0.294 e. The van der Waals surface area contributed by atoms with E-state index in [1.807, 2.05) is 41.8 Å². The lowest BCUT2D eigenvalue weighted by molar-refractivity contribution is -0.757. The molecule has 0 aliphatic heterocycles. The summed E-state index contributed by atoms with van der Waals surface area (Å²) < 4.78 is 25.6. The first-order valence-electron chi connectivity index (χ1n) is 9.98. The van der Waals surface area contributed by atoms with Crippen molar-refractivity contribution in [1.82, 2.24) is 9.88 Å². The number of aromatic nitrogens is 1. The number of para-hydroxylation sites is 1. The maximum Gasteiger partial charge on any atom is 0.294 e. The van der Waals surface area contributed by atoms with Gasteiger partial charge in [0, 0.05) is 24.2 Å². The van der Waals surface area contributed by atoms with Crippen LogP contribution in [-0.2, 0) is 19.5 Å². The molecule has 0 aliphatic carbocycles. The van der Waals surface area contributed by atoms with Crippen molar-refractivity contribution < 1.29 is 23.1 Å². The predicted molar refractivity (Wildman–Crippen MR) is 122 cm³/mol. The van der Waals surface area contributed by atoms with Crippen LogP contribution in [0.3, 0.4) is 0 Å². The van der Waals surface area contributed by atoms with E-state index in [0.717, 1.165) is 28.9 Å². The third-order valence-corrected chi connectivity index (χ3v) is 6.22. The summed E-state index contributed by atoms with van der Waals surface area (Å²) in [7, 11) is -3.34. The van der Waals surface area contributed by atoms with E-state index in [1.165, 1.54) is 12.1 Å². The number of amides is 1. The molecule has 0 aliphatic rings. The Bertz CT molecular complexity index is 1250. The molecule has 174 valence electrons. The first kappa shape index (κ1) is 24.0. The Balaban J connectivity index is 1.99. The summed E-state index contributed by atoms with van der Waals surface area (Å²) in [5.74, 6) is -0.505. The van der Waals surface area contributed by atoms with E-state index in [4.69, 9.17) is 5.73 Å². The van der Waals surface area contributed by atoms with Crippen molar-refractivity contribution >= 4 is 15.7 Å². The average Bonchev–Trinajstić information content (AvgIpc) is 3.13. The zero-order chi connectivity index (χ0) is 24.2. The van der Waals surface area contributed by atoms with Gasteiger partial charge in [-0.25, -0.2) is 8.42 Å². The monoisotopic (exact) mass is 472 g/mol. The molecule has 1 amide bonds. The fourth-order valence-corrected chi connectivity index (χ4v) is 4.11. The molecule has 1 aromatic heterocycles. The van der Waals surface area contributed by atoms with Crippen LogP contribution in [0.25, 0.3) is 16.9 Å². The second kappa shape index (κ2) is 9.84. The molecular weight excluding hydrogens is 448 g/mol. The number of carbonyl (C=O) groups excluding carboxylic acids is 1. The van der Waals surface area contributed by atoms with Gasteiger partial charge in [-0.2, -0.15) is 0 Å². The second-order valence-corrected chi connectivity index (χ2v) is 9.38. The number of nitrogens with one attached hydrogen (secondary N) is 1. The molecule has 0 spiro atoms. The molecule has 0 bridgehead atoms. The number of rotatable bonds is 9. The van der Waals surface area contributed by atoms with Crippen molar-refractivity contribution in [3.63, 3.8) is 0 Å². The minimum absolute atomic E-state index is 0.0637. The van der Waals surface area contributed by atoms with Crippen molar-refractivity contribution in [2.24, 2.45) is 5.73 Å². The Morgan fingerprint density at radius 1 is 1.18 bits per heavy atom. The molecule has 33 heavy (non-hydrogen) atoms. The Kier molecular flexibility index (Phi) is 7.14. The minimum atomic E-state index is -3.34. The summed E-state index contributed by atoms with van der Waals surface area (Å²) in [6.45, 7) is 1.48. The normalized spacial score (nSPS) is 12.2. The van der Waals surface area contributed by atoms with Crippen LogP contribution in [0.15, 0.2) is 65.6 Å². The molecule has 1 atom stereocenters. The molecule has 3 aromatic rings. The van der Waals surface area contributed by atoms with Gasteiger partial charge in [-0.1, -0.05) is 30.3 Å². The molecule has 3 rings (SSSR count). The molecule has 3 N–H and O–H groups in total. The number of hydrogen-bond donors (Lipinski definition) is 2. The van der Waals surface area contributed by atoms with Crippen LogP contribution in [0.2, 0.25) is 0 Å². The van der Waals surface area contributed by atoms with Gasteiger partial charge < -0.3 is 20.5 Å². The van der Waals surface area contributed by atoms with Crippen LogP contribution in [0.1, 0.15) is 17.3 Å². The molecule has 1 heterocycles. The summed E-state index contributed by atoms with van der Waals surface area (Å²) in [5.41, 5.74) is 9.83. The van der Waals surface area contributed by atoms with Crippen LogP contribution < -0.4 is 11.1 Å². The first-order valence-corrected chi connectivity index (χ1v) is 11.9. The van der Waals surface area contributed by atoms with Gasteiger partial charge >= 0.3 is 0 Å². The van der Waals surface area contributed by atoms with Crippen LogP contribution in [0.5, 0.6) is 0 Å². The van der Waals surface area contributed by atoms with E-state index < -0.39 is 26.9 Å². The van der Waals surface area contributed by atoms with Crippen LogP contribution in [0.4, 0.5) is 0 Å². The molecule has 0 saturated carbocycles. The van der Waals surface area contributed by atoms with E-state index in [2.05, 4.69) is 10.2 Å². The SMILES string of the molecule is Cc1c([C@H](N)C(=O)NCCO[N+](=O)[O-])cc(-c2ccc(S(C)(=O)=O)cc2)n1-c1ccccc1. The molecule has 0 radical (unpaired) electrons. The number of sulfone groups is 1. The highest BCUT2D eigenvalue weighted by atomic mass is 32.2. The van der Waals surface area contributed by atoms with Gasteiger partial charge in [-0.05, 0) is 48.4 Å². The highest BCUT2D eigenvalue weighted by Crippen LogP contribution is 2.32. The molecule has 10 nitrogen and oxygen atoms in total. The molecule has 11 heteroatoms. The Morgan fingerprint density at radius 3 is 2.39 bits per heavy atom. The molecule has 0 saturated heterocycles.